The van der Waals surface area contributed by atoms with Crippen LogP contribution in [0.2, 0.25) is 0 Å². The van der Waals surface area contributed by atoms with E-state index in [-0.39, 0.29) is 5.91 Å². The summed E-state index contributed by atoms with van der Waals surface area (Å²) in [5.74, 6) is 1.33. The maximum absolute atomic E-state index is 12.0. The minimum atomic E-state index is -0.250. The first-order valence-corrected chi connectivity index (χ1v) is 5.46. The number of hydrogen-bond donors (Lipinski definition) is 1. The molecule has 6 heteroatoms. The summed E-state index contributed by atoms with van der Waals surface area (Å²) in [7, 11) is 4.47. The molecule has 1 aliphatic heterocycles. The molecule has 0 aromatic heterocycles. The van der Waals surface area contributed by atoms with Crippen LogP contribution in [-0.2, 0) is 0 Å². The average molecular weight is 253 g/mol. The van der Waals surface area contributed by atoms with Crippen LogP contribution in [0.4, 0.5) is 0 Å². The fraction of sp³-hybridized carbons (Fsp3) is 0.417. The summed E-state index contributed by atoms with van der Waals surface area (Å²) in [4.78, 5) is 12.0. The maximum atomic E-state index is 12.0. The van der Waals surface area contributed by atoms with Crippen molar-refractivity contribution in [1.29, 1.82) is 0 Å². The van der Waals surface area contributed by atoms with E-state index in [4.69, 9.17) is 18.9 Å². The van der Waals surface area contributed by atoms with Crippen LogP contribution in [-0.4, -0.2) is 40.4 Å². The molecule has 6 nitrogen and oxygen atoms in total. The Morgan fingerprint density at radius 1 is 1.17 bits per heavy atom. The normalized spacial score (nSPS) is 13.8. The van der Waals surface area contributed by atoms with Gasteiger partial charge >= 0.3 is 0 Å². The zero-order chi connectivity index (χ0) is 13.1. The first-order chi connectivity index (χ1) is 8.72. The molecule has 1 aliphatic rings. The summed E-state index contributed by atoms with van der Waals surface area (Å²) >= 11 is 0. The molecule has 1 aromatic carbocycles. The van der Waals surface area contributed by atoms with Gasteiger partial charge in [-0.15, -0.1) is 0 Å². The van der Waals surface area contributed by atoms with Gasteiger partial charge in [-0.2, -0.15) is 0 Å². The number of amides is 1. The third kappa shape index (κ3) is 1.90. The zero-order valence-corrected chi connectivity index (χ0v) is 10.5. The van der Waals surface area contributed by atoms with Gasteiger partial charge in [-0.1, -0.05) is 0 Å². The summed E-state index contributed by atoms with van der Waals surface area (Å²) in [5, 5.41) is 2.72. The Morgan fingerprint density at radius 2 is 1.89 bits per heavy atom. The third-order valence-corrected chi connectivity index (χ3v) is 2.67. The van der Waals surface area contributed by atoms with E-state index in [0.29, 0.717) is 41.7 Å². The number of carbonyl (C=O) groups excluding carboxylic acids is 1. The molecule has 1 amide bonds. The minimum absolute atomic E-state index is 0.250. The van der Waals surface area contributed by atoms with E-state index in [1.165, 1.54) is 21.3 Å². The second-order valence-corrected chi connectivity index (χ2v) is 3.62. The monoisotopic (exact) mass is 253 g/mol. The second-order valence-electron chi connectivity index (χ2n) is 3.62. The van der Waals surface area contributed by atoms with Crippen molar-refractivity contribution in [3.05, 3.63) is 11.6 Å². The maximum Gasteiger partial charge on any atom is 0.259 e. The van der Waals surface area contributed by atoms with Crippen LogP contribution < -0.4 is 24.3 Å². The molecule has 98 valence electrons. The van der Waals surface area contributed by atoms with Crippen LogP contribution in [0.3, 0.4) is 0 Å². The molecule has 0 saturated carbocycles. The standard InChI is InChI=1S/C12H15NO5/c1-15-8-6-7-9(11(17-3)10(8)16-2)12(14)13-4-5-18-7/h6H,4-5H2,1-3H3,(H,13,14). The lowest BCUT2D eigenvalue weighted by Crippen LogP contribution is -2.24. The van der Waals surface area contributed by atoms with E-state index < -0.39 is 0 Å². The van der Waals surface area contributed by atoms with Crippen molar-refractivity contribution in [1.82, 2.24) is 5.32 Å². The SMILES string of the molecule is COc1cc2c(c(OC)c1OC)C(=O)NCCO2. The topological polar surface area (TPSA) is 66.0 Å². The molecule has 0 saturated heterocycles. The highest BCUT2D eigenvalue weighted by Gasteiger charge is 2.27. The van der Waals surface area contributed by atoms with Crippen molar-refractivity contribution in [3.63, 3.8) is 0 Å². The molecule has 0 bridgehead atoms. The fourth-order valence-electron chi connectivity index (χ4n) is 1.88. The highest BCUT2D eigenvalue weighted by molar-refractivity contribution is 6.01. The number of hydrogen-bond acceptors (Lipinski definition) is 5. The quantitative estimate of drug-likeness (QED) is 0.864. The molecule has 1 N–H and O–H groups in total. The van der Waals surface area contributed by atoms with E-state index in [9.17, 15) is 4.79 Å². The second kappa shape index (κ2) is 5.03. The molecular weight excluding hydrogens is 238 g/mol. The molecule has 18 heavy (non-hydrogen) atoms. The summed E-state index contributed by atoms with van der Waals surface area (Å²) in [6.07, 6.45) is 0. The molecule has 1 heterocycles. The molecule has 1 aromatic rings. The van der Waals surface area contributed by atoms with Crippen LogP contribution in [0.5, 0.6) is 23.0 Å². The lowest BCUT2D eigenvalue weighted by Gasteiger charge is -2.16. The van der Waals surface area contributed by atoms with Gasteiger partial charge in [-0.3, -0.25) is 4.79 Å². The van der Waals surface area contributed by atoms with Gasteiger partial charge in [0.05, 0.1) is 27.9 Å². The average Bonchev–Trinajstić information content (AvgIpc) is 2.58. The van der Waals surface area contributed by atoms with Crippen LogP contribution in [0.15, 0.2) is 6.07 Å². The van der Waals surface area contributed by atoms with Gasteiger partial charge in [-0.25, -0.2) is 0 Å². The lowest BCUT2D eigenvalue weighted by atomic mass is 10.1. The Balaban J connectivity index is 2.68. The van der Waals surface area contributed by atoms with Crippen molar-refractivity contribution < 1.29 is 23.7 Å². The highest BCUT2D eigenvalue weighted by atomic mass is 16.5. The van der Waals surface area contributed by atoms with Gasteiger partial charge in [-0.05, 0) is 0 Å². The lowest BCUT2D eigenvalue weighted by molar-refractivity contribution is 0.0953. The van der Waals surface area contributed by atoms with Gasteiger partial charge < -0.3 is 24.3 Å². The smallest absolute Gasteiger partial charge is 0.259 e. The molecule has 0 fully saturated rings. The van der Waals surface area contributed by atoms with Crippen molar-refractivity contribution >= 4 is 5.91 Å². The first-order valence-electron chi connectivity index (χ1n) is 5.46. The Bertz CT molecular complexity index is 472. The number of ether oxygens (including phenoxy) is 4. The van der Waals surface area contributed by atoms with E-state index in [1.807, 2.05) is 0 Å². The van der Waals surface area contributed by atoms with Crippen LogP contribution >= 0.6 is 0 Å². The van der Waals surface area contributed by atoms with Gasteiger partial charge in [0.1, 0.15) is 17.9 Å². The number of rotatable bonds is 3. The molecule has 0 unspecified atom stereocenters. The van der Waals surface area contributed by atoms with Crippen LogP contribution in [0.1, 0.15) is 10.4 Å². The number of fused-ring (bicyclic) bond motifs is 1. The summed E-state index contributed by atoms with van der Waals surface area (Å²) < 4.78 is 21.2. The van der Waals surface area contributed by atoms with Gasteiger partial charge in [0.2, 0.25) is 5.75 Å². The Kier molecular flexibility index (Phi) is 3.45. The van der Waals surface area contributed by atoms with Gasteiger partial charge in [0.15, 0.2) is 11.5 Å². The van der Waals surface area contributed by atoms with Crippen molar-refractivity contribution in [3.8, 4) is 23.0 Å². The van der Waals surface area contributed by atoms with Crippen LogP contribution in [0.25, 0.3) is 0 Å². The summed E-state index contributed by atoms with van der Waals surface area (Å²) in [5.41, 5.74) is 0.327. The van der Waals surface area contributed by atoms with Gasteiger partial charge in [0, 0.05) is 6.07 Å². The summed E-state index contributed by atoms with van der Waals surface area (Å²) in [6, 6.07) is 1.63. The number of benzene rings is 1. The highest BCUT2D eigenvalue weighted by Crippen LogP contribution is 2.45. The molecule has 0 atom stereocenters. The van der Waals surface area contributed by atoms with E-state index >= 15 is 0 Å². The molecular formula is C12H15NO5. The third-order valence-electron chi connectivity index (χ3n) is 2.67. The number of nitrogens with one attached hydrogen (secondary N) is 1. The number of methoxy groups -OCH3 is 3. The van der Waals surface area contributed by atoms with E-state index in [0.717, 1.165) is 0 Å². The van der Waals surface area contributed by atoms with E-state index in [1.54, 1.807) is 6.07 Å². The fourth-order valence-corrected chi connectivity index (χ4v) is 1.88. The zero-order valence-electron chi connectivity index (χ0n) is 10.5. The summed E-state index contributed by atoms with van der Waals surface area (Å²) in [6.45, 7) is 0.846. The van der Waals surface area contributed by atoms with Gasteiger partial charge in [0.25, 0.3) is 5.91 Å². The van der Waals surface area contributed by atoms with Crippen molar-refractivity contribution in [2.45, 2.75) is 0 Å². The van der Waals surface area contributed by atoms with Crippen LogP contribution in [0, 0.1) is 0 Å². The Morgan fingerprint density at radius 3 is 2.50 bits per heavy atom. The largest absolute Gasteiger partial charge is 0.493 e. The Labute approximate surface area is 105 Å². The molecule has 0 radical (unpaired) electrons. The predicted octanol–water partition coefficient (Wildman–Crippen LogP) is 0.835. The molecule has 0 aliphatic carbocycles. The molecule has 0 spiro atoms. The Hall–Kier alpha value is -2.11. The molecule has 2 rings (SSSR count). The van der Waals surface area contributed by atoms with Crippen molar-refractivity contribution in [2.75, 3.05) is 34.5 Å². The number of carbonyl (C=O) groups is 1. The minimum Gasteiger partial charge on any atom is -0.493 e. The van der Waals surface area contributed by atoms with Crippen molar-refractivity contribution in [2.24, 2.45) is 0 Å². The predicted molar refractivity (Wildman–Crippen MR) is 63.9 cm³/mol. The first kappa shape index (κ1) is 12.3. The van der Waals surface area contributed by atoms with E-state index in [2.05, 4.69) is 5.32 Å².